The molecule has 134 valence electrons. The minimum atomic E-state index is -0.327. The third-order valence-electron chi connectivity index (χ3n) is 4.80. The van der Waals surface area contributed by atoms with Crippen molar-refractivity contribution in [3.05, 3.63) is 42.2 Å². The van der Waals surface area contributed by atoms with E-state index in [0.29, 0.717) is 31.9 Å². The fourth-order valence-corrected chi connectivity index (χ4v) is 3.34. The maximum absolute atomic E-state index is 12.9. The smallest absolute Gasteiger partial charge is 0.238 e. The lowest BCUT2D eigenvalue weighted by Crippen LogP contribution is -2.51. The Labute approximate surface area is 147 Å². The summed E-state index contributed by atoms with van der Waals surface area (Å²) in [4.78, 5) is 28.6. The summed E-state index contributed by atoms with van der Waals surface area (Å²) in [6, 6.07) is 5.73. The molecule has 6 heteroatoms. The number of carbonyl (C=O) groups excluding carboxylic acids is 2. The number of piperazine rings is 1. The molecule has 0 aromatic heterocycles. The van der Waals surface area contributed by atoms with E-state index in [4.69, 9.17) is 0 Å². The number of hydrogen-bond acceptors (Lipinski definition) is 3. The first-order valence-electron chi connectivity index (χ1n) is 8.83. The van der Waals surface area contributed by atoms with Gasteiger partial charge in [-0.2, -0.15) is 0 Å². The fourth-order valence-electron chi connectivity index (χ4n) is 3.34. The summed E-state index contributed by atoms with van der Waals surface area (Å²) in [6.07, 6.45) is 7.01. The molecule has 1 fully saturated rings. The summed E-state index contributed by atoms with van der Waals surface area (Å²) >= 11 is 0. The first kappa shape index (κ1) is 17.6. The summed E-state index contributed by atoms with van der Waals surface area (Å²) in [5, 5.41) is 2.77. The van der Waals surface area contributed by atoms with Crippen LogP contribution in [0.1, 0.15) is 19.3 Å². The molecule has 1 aliphatic heterocycles. The summed E-state index contributed by atoms with van der Waals surface area (Å²) < 4.78 is 12.9. The van der Waals surface area contributed by atoms with Crippen LogP contribution in [0.3, 0.4) is 0 Å². The number of anilines is 1. The van der Waals surface area contributed by atoms with E-state index in [1.165, 1.54) is 12.1 Å². The van der Waals surface area contributed by atoms with Crippen LogP contribution in [0.2, 0.25) is 0 Å². The Balaban J connectivity index is 1.42. The van der Waals surface area contributed by atoms with Crippen LogP contribution in [-0.4, -0.2) is 54.3 Å². The van der Waals surface area contributed by atoms with E-state index >= 15 is 0 Å². The van der Waals surface area contributed by atoms with Crippen LogP contribution < -0.4 is 5.32 Å². The van der Waals surface area contributed by atoms with E-state index in [0.717, 1.165) is 19.3 Å². The number of benzene rings is 1. The van der Waals surface area contributed by atoms with Crippen molar-refractivity contribution in [2.75, 3.05) is 38.0 Å². The van der Waals surface area contributed by atoms with Gasteiger partial charge in [-0.15, -0.1) is 0 Å². The second-order valence-corrected chi connectivity index (χ2v) is 6.64. The Morgan fingerprint density at radius 3 is 2.44 bits per heavy atom. The topological polar surface area (TPSA) is 52.7 Å². The van der Waals surface area contributed by atoms with Crippen molar-refractivity contribution in [3.8, 4) is 0 Å². The molecule has 0 saturated carbocycles. The van der Waals surface area contributed by atoms with Crippen LogP contribution in [0.25, 0.3) is 0 Å². The van der Waals surface area contributed by atoms with Crippen LogP contribution in [0.4, 0.5) is 10.1 Å². The van der Waals surface area contributed by atoms with Crippen molar-refractivity contribution in [2.45, 2.75) is 19.3 Å². The average molecular weight is 345 g/mol. The highest BCUT2D eigenvalue weighted by Gasteiger charge is 2.27. The molecular formula is C19H24FN3O2. The van der Waals surface area contributed by atoms with Gasteiger partial charge in [-0.25, -0.2) is 4.39 Å². The third-order valence-corrected chi connectivity index (χ3v) is 4.80. The van der Waals surface area contributed by atoms with E-state index in [1.54, 1.807) is 12.1 Å². The Morgan fingerprint density at radius 1 is 1.08 bits per heavy atom. The molecule has 1 atom stereocenters. The Morgan fingerprint density at radius 2 is 1.80 bits per heavy atom. The SMILES string of the molecule is O=C(CN1CCN(C(=O)C2CC=CCC2)CC1)Nc1ccc(F)cc1. The van der Waals surface area contributed by atoms with E-state index in [2.05, 4.69) is 17.5 Å². The minimum Gasteiger partial charge on any atom is -0.340 e. The van der Waals surface area contributed by atoms with Crippen molar-refractivity contribution in [1.82, 2.24) is 9.80 Å². The molecule has 0 spiro atoms. The van der Waals surface area contributed by atoms with Crippen molar-refractivity contribution >= 4 is 17.5 Å². The number of amides is 2. The Hall–Kier alpha value is -2.21. The maximum atomic E-state index is 12.9. The van der Waals surface area contributed by atoms with Crippen molar-refractivity contribution in [3.63, 3.8) is 0 Å². The van der Waals surface area contributed by atoms with Gasteiger partial charge >= 0.3 is 0 Å². The standard InChI is InChI=1S/C19H24FN3O2/c20-16-6-8-17(9-7-16)21-18(24)14-22-10-12-23(13-11-22)19(25)15-4-2-1-3-5-15/h1-2,6-9,15H,3-5,10-14H2,(H,21,24). The Kier molecular flexibility index (Phi) is 5.81. The second-order valence-electron chi connectivity index (χ2n) is 6.64. The molecule has 2 amide bonds. The molecule has 3 rings (SSSR count). The van der Waals surface area contributed by atoms with Crippen molar-refractivity contribution in [1.29, 1.82) is 0 Å². The number of halogens is 1. The predicted molar refractivity (Wildman–Crippen MR) is 94.5 cm³/mol. The maximum Gasteiger partial charge on any atom is 0.238 e. The molecular weight excluding hydrogens is 321 g/mol. The third kappa shape index (κ3) is 4.89. The molecule has 1 aliphatic carbocycles. The fraction of sp³-hybridized carbons (Fsp3) is 0.474. The molecule has 0 radical (unpaired) electrons. The van der Waals surface area contributed by atoms with Gasteiger partial charge in [0.15, 0.2) is 0 Å². The molecule has 1 aromatic rings. The molecule has 1 aromatic carbocycles. The van der Waals surface area contributed by atoms with Gasteiger partial charge in [-0.3, -0.25) is 14.5 Å². The largest absolute Gasteiger partial charge is 0.340 e. The monoisotopic (exact) mass is 345 g/mol. The predicted octanol–water partition coefficient (Wildman–Crippen LogP) is 2.26. The van der Waals surface area contributed by atoms with Crippen LogP contribution in [-0.2, 0) is 9.59 Å². The lowest BCUT2D eigenvalue weighted by molar-refractivity contribution is -0.137. The van der Waals surface area contributed by atoms with Crippen LogP contribution in [0.15, 0.2) is 36.4 Å². The molecule has 0 bridgehead atoms. The molecule has 1 unspecified atom stereocenters. The lowest BCUT2D eigenvalue weighted by atomic mass is 9.93. The average Bonchev–Trinajstić information content (AvgIpc) is 2.64. The summed E-state index contributed by atoms with van der Waals surface area (Å²) in [5.74, 6) is -0.0749. The van der Waals surface area contributed by atoms with E-state index in [9.17, 15) is 14.0 Å². The highest BCUT2D eigenvalue weighted by Crippen LogP contribution is 2.21. The molecule has 1 heterocycles. The van der Waals surface area contributed by atoms with Crippen LogP contribution in [0.5, 0.6) is 0 Å². The zero-order chi connectivity index (χ0) is 17.6. The highest BCUT2D eigenvalue weighted by molar-refractivity contribution is 5.92. The van der Waals surface area contributed by atoms with Gasteiger partial charge in [0.05, 0.1) is 6.54 Å². The van der Waals surface area contributed by atoms with Crippen molar-refractivity contribution < 1.29 is 14.0 Å². The number of carbonyl (C=O) groups is 2. The molecule has 1 saturated heterocycles. The van der Waals surface area contributed by atoms with Crippen LogP contribution in [0, 0.1) is 11.7 Å². The minimum absolute atomic E-state index is 0.121. The molecule has 25 heavy (non-hydrogen) atoms. The Bertz CT molecular complexity index is 637. The van der Waals surface area contributed by atoms with Gasteiger partial charge in [-0.05, 0) is 43.5 Å². The van der Waals surface area contributed by atoms with Gasteiger partial charge in [0.25, 0.3) is 0 Å². The van der Waals surface area contributed by atoms with Gasteiger partial charge in [0.2, 0.25) is 11.8 Å². The number of nitrogens with one attached hydrogen (secondary N) is 1. The van der Waals surface area contributed by atoms with Gasteiger partial charge in [0.1, 0.15) is 5.82 Å². The normalized spacial score (nSPS) is 21.2. The quantitative estimate of drug-likeness (QED) is 0.852. The van der Waals surface area contributed by atoms with Gasteiger partial charge in [0, 0.05) is 37.8 Å². The summed E-state index contributed by atoms with van der Waals surface area (Å²) in [7, 11) is 0. The van der Waals surface area contributed by atoms with Gasteiger partial charge < -0.3 is 10.2 Å². The second kappa shape index (κ2) is 8.25. The zero-order valence-corrected chi connectivity index (χ0v) is 14.3. The molecule has 1 N–H and O–H groups in total. The number of rotatable bonds is 4. The highest BCUT2D eigenvalue weighted by atomic mass is 19.1. The number of nitrogens with zero attached hydrogens (tertiary/aromatic N) is 2. The van der Waals surface area contributed by atoms with E-state index < -0.39 is 0 Å². The lowest BCUT2D eigenvalue weighted by Gasteiger charge is -2.36. The van der Waals surface area contributed by atoms with Crippen molar-refractivity contribution in [2.24, 2.45) is 5.92 Å². The van der Waals surface area contributed by atoms with E-state index in [-0.39, 0.29) is 30.1 Å². The van der Waals surface area contributed by atoms with Crippen LogP contribution >= 0.6 is 0 Å². The molecule has 5 nitrogen and oxygen atoms in total. The van der Waals surface area contributed by atoms with Gasteiger partial charge in [-0.1, -0.05) is 12.2 Å². The summed E-state index contributed by atoms with van der Waals surface area (Å²) in [6.45, 7) is 3.02. The molecule has 2 aliphatic rings. The first-order valence-corrected chi connectivity index (χ1v) is 8.83. The first-order chi connectivity index (χ1) is 12.1. The number of allylic oxidation sites excluding steroid dienone is 2. The summed E-state index contributed by atoms with van der Waals surface area (Å²) in [5.41, 5.74) is 0.588. The number of hydrogen-bond donors (Lipinski definition) is 1. The van der Waals surface area contributed by atoms with E-state index in [1.807, 2.05) is 9.80 Å². The zero-order valence-electron chi connectivity index (χ0n) is 14.3.